The van der Waals surface area contributed by atoms with Crippen LogP contribution < -0.4 is 0 Å². The molecule has 9 heavy (non-hydrogen) atoms. The lowest BCUT2D eigenvalue weighted by Gasteiger charge is -1.97. The van der Waals surface area contributed by atoms with Crippen molar-refractivity contribution in [3.8, 4) is 12.3 Å². The Morgan fingerprint density at radius 3 is 2.00 bits per heavy atom. The van der Waals surface area contributed by atoms with E-state index in [1.807, 2.05) is 0 Å². The molecule has 0 saturated heterocycles. The molecule has 1 saturated carbocycles. The Kier molecular flexibility index (Phi) is 1.26. The van der Waals surface area contributed by atoms with E-state index < -0.39 is 13.8 Å². The van der Waals surface area contributed by atoms with Gasteiger partial charge in [0.2, 0.25) is 9.05 Å². The van der Waals surface area contributed by atoms with Crippen molar-refractivity contribution in [3.05, 3.63) is 0 Å². The molecule has 1 aliphatic carbocycles. The first kappa shape index (κ1) is 6.91. The van der Waals surface area contributed by atoms with Crippen LogP contribution in [0.2, 0.25) is 0 Å². The molecule has 4 heteroatoms. The molecule has 0 aromatic heterocycles. The van der Waals surface area contributed by atoms with E-state index in [-0.39, 0.29) is 0 Å². The zero-order valence-electron chi connectivity index (χ0n) is 4.59. The third-order valence-corrected chi connectivity index (χ3v) is 3.78. The summed E-state index contributed by atoms with van der Waals surface area (Å²) < 4.78 is 20.1. The van der Waals surface area contributed by atoms with Crippen LogP contribution >= 0.6 is 10.7 Å². The van der Waals surface area contributed by atoms with Crippen molar-refractivity contribution in [2.45, 2.75) is 17.6 Å². The quantitative estimate of drug-likeness (QED) is 0.423. The maximum atomic E-state index is 10.6. The van der Waals surface area contributed by atoms with Crippen molar-refractivity contribution in [2.24, 2.45) is 0 Å². The SMILES string of the molecule is C#CC1(S(=O)(=O)Cl)CC1. The summed E-state index contributed by atoms with van der Waals surface area (Å²) in [5, 5.41) is 0. The van der Waals surface area contributed by atoms with E-state index >= 15 is 0 Å². The molecule has 50 valence electrons. The van der Waals surface area contributed by atoms with Gasteiger partial charge < -0.3 is 0 Å². The molecular weight excluding hydrogens is 160 g/mol. The lowest BCUT2D eigenvalue weighted by atomic mass is 10.4. The second-order valence-corrected chi connectivity index (χ2v) is 4.95. The number of terminal acetylenes is 1. The highest BCUT2D eigenvalue weighted by molar-refractivity contribution is 8.15. The van der Waals surface area contributed by atoms with E-state index in [0.29, 0.717) is 12.8 Å². The predicted molar refractivity (Wildman–Crippen MR) is 35.6 cm³/mol. The van der Waals surface area contributed by atoms with Gasteiger partial charge in [-0.05, 0) is 12.8 Å². The van der Waals surface area contributed by atoms with Crippen molar-refractivity contribution >= 4 is 19.7 Å². The standard InChI is InChI=1S/C5H5ClO2S/c1-2-5(3-4-5)9(6,7)8/h1H,3-4H2. The highest BCUT2D eigenvalue weighted by Crippen LogP contribution is 2.44. The lowest BCUT2D eigenvalue weighted by Crippen LogP contribution is -2.13. The molecule has 1 fully saturated rings. The first-order valence-corrected chi connectivity index (χ1v) is 4.75. The first-order valence-electron chi connectivity index (χ1n) is 2.44. The minimum Gasteiger partial charge on any atom is -0.211 e. The van der Waals surface area contributed by atoms with Gasteiger partial charge in [0.15, 0.2) is 0 Å². The van der Waals surface area contributed by atoms with Crippen LogP contribution in [0.1, 0.15) is 12.8 Å². The predicted octanol–water partition coefficient (Wildman–Crippen LogP) is 0.721. The summed E-state index contributed by atoms with van der Waals surface area (Å²) >= 11 is 0. The average molecular weight is 165 g/mol. The van der Waals surface area contributed by atoms with Crippen LogP contribution in [-0.2, 0) is 9.05 Å². The molecule has 1 rings (SSSR count). The summed E-state index contributed by atoms with van der Waals surface area (Å²) in [4.78, 5) is 0. The van der Waals surface area contributed by atoms with Gasteiger partial charge in [-0.15, -0.1) is 6.42 Å². The summed E-state index contributed by atoms with van der Waals surface area (Å²) in [6.07, 6.45) is 5.96. The maximum Gasteiger partial charge on any atom is 0.249 e. The number of rotatable bonds is 1. The van der Waals surface area contributed by atoms with Gasteiger partial charge in [0.25, 0.3) is 0 Å². The van der Waals surface area contributed by atoms with Crippen LogP contribution in [0.3, 0.4) is 0 Å². The highest BCUT2D eigenvalue weighted by Gasteiger charge is 2.52. The van der Waals surface area contributed by atoms with Crippen molar-refractivity contribution in [1.82, 2.24) is 0 Å². The van der Waals surface area contributed by atoms with Gasteiger partial charge >= 0.3 is 0 Å². The number of hydrogen-bond acceptors (Lipinski definition) is 2. The van der Waals surface area contributed by atoms with Gasteiger partial charge in [-0.3, -0.25) is 0 Å². The second-order valence-electron chi connectivity index (χ2n) is 2.08. The fraction of sp³-hybridized carbons (Fsp3) is 0.600. The zero-order valence-corrected chi connectivity index (χ0v) is 6.17. The van der Waals surface area contributed by atoms with Gasteiger partial charge in [0.1, 0.15) is 4.75 Å². The second kappa shape index (κ2) is 1.65. The Bertz CT molecular complexity index is 255. The van der Waals surface area contributed by atoms with E-state index in [4.69, 9.17) is 17.1 Å². The molecular formula is C5H5ClO2S. The van der Waals surface area contributed by atoms with Gasteiger partial charge in [-0.25, -0.2) is 8.42 Å². The van der Waals surface area contributed by atoms with Crippen LogP contribution in [-0.4, -0.2) is 13.2 Å². The van der Waals surface area contributed by atoms with E-state index in [1.165, 1.54) is 0 Å². The smallest absolute Gasteiger partial charge is 0.211 e. The molecule has 0 aromatic carbocycles. The Hall–Kier alpha value is -0.200. The molecule has 0 aliphatic heterocycles. The summed E-state index contributed by atoms with van der Waals surface area (Å²) in [6, 6.07) is 0. The third kappa shape index (κ3) is 0.930. The summed E-state index contributed by atoms with van der Waals surface area (Å²) in [6.45, 7) is 0. The third-order valence-electron chi connectivity index (χ3n) is 1.43. The molecule has 0 atom stereocenters. The van der Waals surface area contributed by atoms with Crippen LogP contribution in [0.5, 0.6) is 0 Å². The van der Waals surface area contributed by atoms with Crippen molar-refractivity contribution in [2.75, 3.05) is 0 Å². The molecule has 0 bridgehead atoms. The van der Waals surface area contributed by atoms with Crippen LogP contribution in [0.25, 0.3) is 0 Å². The van der Waals surface area contributed by atoms with Gasteiger partial charge in [-0.2, -0.15) is 0 Å². The molecule has 0 amide bonds. The fourth-order valence-electron chi connectivity index (χ4n) is 0.572. The highest BCUT2D eigenvalue weighted by atomic mass is 35.7. The molecule has 0 radical (unpaired) electrons. The van der Waals surface area contributed by atoms with Gasteiger partial charge in [0, 0.05) is 10.7 Å². The van der Waals surface area contributed by atoms with Crippen LogP contribution in [0, 0.1) is 12.3 Å². The van der Waals surface area contributed by atoms with Gasteiger partial charge in [0.05, 0.1) is 0 Å². The molecule has 0 heterocycles. The molecule has 0 N–H and O–H groups in total. The maximum absolute atomic E-state index is 10.6. The fourth-order valence-corrected chi connectivity index (χ4v) is 1.90. The van der Waals surface area contributed by atoms with Crippen molar-refractivity contribution < 1.29 is 8.42 Å². The summed E-state index contributed by atoms with van der Waals surface area (Å²) in [7, 11) is 1.51. The Morgan fingerprint density at radius 1 is 1.56 bits per heavy atom. The zero-order chi connectivity index (χ0) is 7.12. The average Bonchev–Trinajstić information content (AvgIpc) is 2.40. The molecule has 1 aliphatic rings. The Labute approximate surface area is 58.6 Å². The van der Waals surface area contributed by atoms with Crippen molar-refractivity contribution in [1.29, 1.82) is 0 Å². The monoisotopic (exact) mass is 164 g/mol. The molecule has 2 nitrogen and oxygen atoms in total. The minimum absolute atomic E-state index is 0.509. The lowest BCUT2D eigenvalue weighted by molar-refractivity contribution is 0.603. The normalized spacial score (nSPS) is 22.7. The molecule has 0 spiro atoms. The van der Waals surface area contributed by atoms with Gasteiger partial charge in [-0.1, -0.05) is 5.92 Å². The Balaban J connectivity index is 3.02. The van der Waals surface area contributed by atoms with E-state index in [1.54, 1.807) is 0 Å². The summed E-state index contributed by atoms with van der Waals surface area (Å²) in [5.74, 6) is 2.17. The van der Waals surface area contributed by atoms with E-state index in [0.717, 1.165) is 0 Å². The van der Waals surface area contributed by atoms with E-state index in [9.17, 15) is 8.42 Å². The van der Waals surface area contributed by atoms with Crippen LogP contribution in [0.15, 0.2) is 0 Å². The topological polar surface area (TPSA) is 34.1 Å². The number of halogens is 1. The molecule has 0 aromatic rings. The van der Waals surface area contributed by atoms with Crippen LogP contribution in [0.4, 0.5) is 0 Å². The largest absolute Gasteiger partial charge is 0.249 e. The summed E-state index contributed by atoms with van der Waals surface area (Å²) in [5.41, 5.74) is 0. The minimum atomic E-state index is -3.51. The first-order chi connectivity index (χ1) is 4.02. The van der Waals surface area contributed by atoms with Crippen molar-refractivity contribution in [3.63, 3.8) is 0 Å². The number of hydrogen-bond donors (Lipinski definition) is 0. The van der Waals surface area contributed by atoms with E-state index in [2.05, 4.69) is 5.92 Å². The molecule has 0 unspecified atom stereocenters. The Morgan fingerprint density at radius 2 is 2.00 bits per heavy atom.